The van der Waals surface area contributed by atoms with Crippen molar-refractivity contribution >= 4 is 23.6 Å². The van der Waals surface area contributed by atoms with Crippen molar-refractivity contribution in [3.63, 3.8) is 0 Å². The van der Waals surface area contributed by atoms with Crippen molar-refractivity contribution in [2.45, 2.75) is 46.0 Å². The molecule has 0 aromatic rings. The van der Waals surface area contributed by atoms with E-state index < -0.39 is 29.1 Å². The molecule has 8 rings (SSSR count). The van der Waals surface area contributed by atoms with Gasteiger partial charge in [0.1, 0.15) is 0 Å². The highest BCUT2D eigenvalue weighted by molar-refractivity contribution is 6.12. The van der Waals surface area contributed by atoms with Crippen LogP contribution in [0.2, 0.25) is 0 Å². The zero-order valence-electron chi connectivity index (χ0n) is 25.2. The summed E-state index contributed by atoms with van der Waals surface area (Å²) in [7, 11) is 0. The molecule has 7 atom stereocenters. The van der Waals surface area contributed by atoms with Gasteiger partial charge in [0.05, 0.1) is 50.1 Å². The van der Waals surface area contributed by atoms with Crippen LogP contribution in [0.15, 0.2) is 11.1 Å². The molecule has 6 fully saturated rings. The third-order valence-corrected chi connectivity index (χ3v) is 12.0. The second-order valence-corrected chi connectivity index (χ2v) is 13.7. The van der Waals surface area contributed by atoms with Gasteiger partial charge in [-0.05, 0) is 44.9 Å². The fourth-order valence-electron chi connectivity index (χ4n) is 10.2. The van der Waals surface area contributed by atoms with Crippen LogP contribution in [0.4, 0.5) is 0 Å². The summed E-state index contributed by atoms with van der Waals surface area (Å²) in [5.74, 6) is -2.84. The fraction of sp³-hybridized carbons (Fsp3) is 0.812. The van der Waals surface area contributed by atoms with E-state index in [1.165, 1.54) is 15.4 Å². The number of likely N-dealkylation sites (tertiary alicyclic amines) is 2. The summed E-state index contributed by atoms with van der Waals surface area (Å²) in [5.41, 5.74) is 1.61. The standard InChI is InChI=1S/C32H46N4O6/c1-20-6-3-7-22-21(2)23-24-26(30(39)35(28(24)37)10-4-8-33-12-16-41-17-13-33)32(20,22)27-25(23)29(38)36(31(27)40)11-5-9-34-14-18-42-19-15-34/h20,23-27H,3-19H2,1-2H3/t20?,23?,24-,25-,26-,27+,32?/m0/s1. The molecule has 2 saturated carbocycles. The molecule has 3 unspecified atom stereocenters. The Bertz CT molecular complexity index is 1110. The number of ether oxygens (including phenoxy) is 2. The zero-order valence-corrected chi connectivity index (χ0v) is 25.2. The van der Waals surface area contributed by atoms with Crippen molar-refractivity contribution in [3.05, 3.63) is 11.1 Å². The second kappa shape index (κ2) is 11.1. The average molecular weight is 583 g/mol. The maximum atomic E-state index is 14.4. The maximum Gasteiger partial charge on any atom is 0.234 e. The summed E-state index contributed by atoms with van der Waals surface area (Å²) >= 11 is 0. The monoisotopic (exact) mass is 582 g/mol. The lowest BCUT2D eigenvalue weighted by molar-refractivity contribution is -0.159. The Morgan fingerprint density at radius 3 is 1.64 bits per heavy atom. The fourth-order valence-corrected chi connectivity index (χ4v) is 10.2. The van der Waals surface area contributed by atoms with Crippen LogP contribution in [0, 0.1) is 40.9 Å². The van der Waals surface area contributed by atoms with E-state index >= 15 is 0 Å². The molecule has 2 bridgehead atoms. The Balaban J connectivity index is 1.16. The van der Waals surface area contributed by atoms with Gasteiger partial charge in [-0.3, -0.25) is 38.8 Å². The molecule has 8 aliphatic rings. The third-order valence-electron chi connectivity index (χ3n) is 12.0. The highest BCUT2D eigenvalue weighted by Crippen LogP contribution is 2.73. The summed E-state index contributed by atoms with van der Waals surface area (Å²) in [6.07, 6.45) is 4.24. The minimum atomic E-state index is -0.732. The smallest absolute Gasteiger partial charge is 0.234 e. The zero-order chi connectivity index (χ0) is 29.2. The number of carbonyl (C=O) groups is 4. The number of rotatable bonds is 8. The first kappa shape index (κ1) is 28.6. The van der Waals surface area contributed by atoms with Gasteiger partial charge in [0.15, 0.2) is 0 Å². The molecule has 10 nitrogen and oxygen atoms in total. The molecule has 10 heteroatoms. The van der Waals surface area contributed by atoms with Gasteiger partial charge in [-0.2, -0.15) is 0 Å². The lowest BCUT2D eigenvalue weighted by Crippen LogP contribution is -2.64. The van der Waals surface area contributed by atoms with Crippen LogP contribution >= 0.6 is 0 Å². The van der Waals surface area contributed by atoms with Crippen LogP contribution < -0.4 is 0 Å². The number of morpholine rings is 2. The molecule has 0 aromatic heterocycles. The highest BCUT2D eigenvalue weighted by atomic mass is 16.5. The van der Waals surface area contributed by atoms with E-state index in [1.54, 1.807) is 0 Å². The molecule has 4 heterocycles. The topological polar surface area (TPSA) is 99.7 Å². The van der Waals surface area contributed by atoms with Crippen molar-refractivity contribution < 1.29 is 28.7 Å². The Kier molecular flexibility index (Phi) is 7.56. The second-order valence-electron chi connectivity index (χ2n) is 13.7. The predicted molar refractivity (Wildman–Crippen MR) is 153 cm³/mol. The van der Waals surface area contributed by atoms with E-state index in [4.69, 9.17) is 9.47 Å². The first-order valence-electron chi connectivity index (χ1n) is 16.4. The molecule has 0 radical (unpaired) electrons. The van der Waals surface area contributed by atoms with Crippen LogP contribution in [-0.2, 0) is 28.7 Å². The highest BCUT2D eigenvalue weighted by Gasteiger charge is 2.78. The summed E-state index contributed by atoms with van der Waals surface area (Å²) in [6, 6.07) is 0. The van der Waals surface area contributed by atoms with Crippen LogP contribution in [0.3, 0.4) is 0 Å². The molecular weight excluding hydrogens is 536 g/mol. The van der Waals surface area contributed by atoms with Gasteiger partial charge in [-0.1, -0.05) is 18.1 Å². The van der Waals surface area contributed by atoms with E-state index in [1.807, 2.05) is 0 Å². The summed E-state index contributed by atoms with van der Waals surface area (Å²) in [6.45, 7) is 13.1. The molecule has 42 heavy (non-hydrogen) atoms. The molecule has 4 aliphatic heterocycles. The summed E-state index contributed by atoms with van der Waals surface area (Å²) in [4.78, 5) is 64.7. The largest absolute Gasteiger partial charge is 0.379 e. The summed E-state index contributed by atoms with van der Waals surface area (Å²) < 4.78 is 10.9. The van der Waals surface area contributed by atoms with Crippen molar-refractivity contribution in [3.8, 4) is 0 Å². The van der Waals surface area contributed by atoms with Gasteiger partial charge in [0.25, 0.3) is 0 Å². The first-order chi connectivity index (χ1) is 20.4. The van der Waals surface area contributed by atoms with Crippen molar-refractivity contribution in [1.82, 2.24) is 19.6 Å². The van der Waals surface area contributed by atoms with Crippen molar-refractivity contribution in [2.24, 2.45) is 40.9 Å². The summed E-state index contributed by atoms with van der Waals surface area (Å²) in [5, 5.41) is 0. The van der Waals surface area contributed by atoms with Gasteiger partial charge in [0, 0.05) is 63.7 Å². The molecule has 0 aromatic carbocycles. The van der Waals surface area contributed by atoms with E-state index in [9.17, 15) is 19.2 Å². The first-order valence-corrected chi connectivity index (χ1v) is 16.4. The SMILES string of the molecule is CC1=C2CCCC(C)C23[C@@H]2C(=O)N(CCCN4CCOCC4)C(=O)[C@H]2C1[C@@H]1C(=O)N(CCCN2CCOCC2)C(=O)[C@@H]13. The molecule has 230 valence electrons. The number of carbonyl (C=O) groups excluding carboxylic acids is 4. The minimum absolute atomic E-state index is 0.0625. The maximum absolute atomic E-state index is 14.4. The van der Waals surface area contributed by atoms with Gasteiger partial charge in [0.2, 0.25) is 23.6 Å². The van der Waals surface area contributed by atoms with Crippen LogP contribution in [0.1, 0.15) is 46.0 Å². The number of imide groups is 2. The lowest BCUT2D eigenvalue weighted by atomic mass is 9.37. The number of amides is 4. The number of hydrogen-bond acceptors (Lipinski definition) is 8. The molecule has 4 saturated heterocycles. The Hall–Kier alpha value is -2.14. The van der Waals surface area contributed by atoms with Crippen LogP contribution in [0.25, 0.3) is 0 Å². The molecular formula is C32H46N4O6. The molecule has 1 spiro atoms. The Morgan fingerprint density at radius 2 is 1.17 bits per heavy atom. The van der Waals surface area contributed by atoms with Crippen molar-refractivity contribution in [2.75, 3.05) is 78.8 Å². The lowest BCUT2D eigenvalue weighted by Gasteiger charge is -2.62. The van der Waals surface area contributed by atoms with Crippen LogP contribution in [-0.4, -0.2) is 122 Å². The molecule has 4 amide bonds. The van der Waals surface area contributed by atoms with Gasteiger partial charge in [-0.15, -0.1) is 0 Å². The molecule has 4 aliphatic carbocycles. The van der Waals surface area contributed by atoms with Crippen molar-refractivity contribution in [1.29, 1.82) is 0 Å². The number of hydrogen-bond donors (Lipinski definition) is 0. The number of allylic oxidation sites excluding steroid dienone is 2. The van der Waals surface area contributed by atoms with Gasteiger partial charge in [-0.25, -0.2) is 0 Å². The Morgan fingerprint density at radius 1 is 0.690 bits per heavy atom. The predicted octanol–water partition coefficient (Wildman–Crippen LogP) is 1.40. The quantitative estimate of drug-likeness (QED) is 0.313. The van der Waals surface area contributed by atoms with Gasteiger partial charge >= 0.3 is 0 Å². The van der Waals surface area contributed by atoms with E-state index in [0.29, 0.717) is 13.1 Å². The Labute approximate surface area is 248 Å². The number of nitrogens with zero attached hydrogens (tertiary/aromatic N) is 4. The molecule has 0 N–H and O–H groups in total. The minimum Gasteiger partial charge on any atom is -0.379 e. The van der Waals surface area contributed by atoms with E-state index in [2.05, 4.69) is 23.6 Å². The van der Waals surface area contributed by atoms with E-state index in [0.717, 1.165) is 103 Å². The average Bonchev–Trinajstić information content (AvgIpc) is 3.41. The van der Waals surface area contributed by atoms with E-state index in [-0.39, 0.29) is 35.5 Å². The van der Waals surface area contributed by atoms with Crippen LogP contribution in [0.5, 0.6) is 0 Å². The van der Waals surface area contributed by atoms with Gasteiger partial charge < -0.3 is 9.47 Å². The normalized spacial score (nSPS) is 38.9. The third kappa shape index (κ3) is 4.11.